The Hall–Kier alpha value is -2.58. The number of sulfonamides is 1. The summed E-state index contributed by atoms with van der Waals surface area (Å²) in [6.07, 6.45) is 2.20. The third kappa shape index (κ3) is 7.97. The molecule has 1 N–H and O–H groups in total. The van der Waals surface area contributed by atoms with E-state index in [1.165, 1.54) is 4.90 Å². The minimum Gasteiger partial charge on any atom is -0.352 e. The molecule has 0 spiro atoms. The van der Waals surface area contributed by atoms with E-state index in [2.05, 4.69) is 5.32 Å². The molecule has 35 heavy (non-hydrogen) atoms. The van der Waals surface area contributed by atoms with Crippen LogP contribution in [0.4, 0.5) is 5.69 Å². The number of rotatable bonds is 11. The van der Waals surface area contributed by atoms with Crippen molar-refractivity contribution in [2.45, 2.75) is 66.1 Å². The fourth-order valence-corrected chi connectivity index (χ4v) is 5.00. The number of carbonyl (C=O) groups excluding carboxylic acids is 2. The highest BCUT2D eigenvalue weighted by Gasteiger charge is 2.32. The summed E-state index contributed by atoms with van der Waals surface area (Å²) in [5.74, 6) is -0.714. The smallest absolute Gasteiger partial charge is 0.244 e. The molecule has 2 rings (SSSR count). The van der Waals surface area contributed by atoms with Crippen LogP contribution in [0, 0.1) is 13.8 Å². The standard InChI is InChI=1S/C26H36ClN3O4S/c1-7-20(5)28-26(32)23(8-2)29(16-21-11-9-10-18(3)14-21)25(31)17-30(35(6,33)34)24-13-12-22(27)15-19(24)4/h9-15,20,23H,7-8,16-17H2,1-6H3,(H,28,32)/t20-,23+/m0/s1. The van der Waals surface area contributed by atoms with Gasteiger partial charge in [0, 0.05) is 17.6 Å². The summed E-state index contributed by atoms with van der Waals surface area (Å²) >= 11 is 6.06. The van der Waals surface area contributed by atoms with Gasteiger partial charge in [0.15, 0.2) is 0 Å². The van der Waals surface area contributed by atoms with E-state index in [0.717, 1.165) is 28.1 Å². The van der Waals surface area contributed by atoms with Gasteiger partial charge in [0.25, 0.3) is 0 Å². The lowest BCUT2D eigenvalue weighted by molar-refractivity contribution is -0.140. The van der Waals surface area contributed by atoms with Crippen LogP contribution < -0.4 is 9.62 Å². The van der Waals surface area contributed by atoms with Crippen molar-refractivity contribution >= 4 is 39.1 Å². The van der Waals surface area contributed by atoms with Gasteiger partial charge in [0.1, 0.15) is 12.6 Å². The zero-order valence-corrected chi connectivity index (χ0v) is 22.9. The molecule has 9 heteroatoms. The molecule has 0 aliphatic heterocycles. The Morgan fingerprint density at radius 2 is 1.74 bits per heavy atom. The molecule has 2 aromatic rings. The summed E-state index contributed by atoms with van der Waals surface area (Å²) < 4.78 is 26.5. The molecule has 7 nitrogen and oxygen atoms in total. The van der Waals surface area contributed by atoms with Crippen LogP contribution in [0.25, 0.3) is 0 Å². The van der Waals surface area contributed by atoms with Crippen LogP contribution in [0.2, 0.25) is 5.02 Å². The van der Waals surface area contributed by atoms with Gasteiger partial charge in [-0.3, -0.25) is 13.9 Å². The van der Waals surface area contributed by atoms with Gasteiger partial charge in [0.2, 0.25) is 21.8 Å². The van der Waals surface area contributed by atoms with Crippen LogP contribution in [0.1, 0.15) is 50.3 Å². The molecule has 0 radical (unpaired) electrons. The Labute approximate surface area is 214 Å². The quantitative estimate of drug-likeness (QED) is 0.473. The van der Waals surface area contributed by atoms with E-state index in [1.807, 2.05) is 52.0 Å². The zero-order valence-electron chi connectivity index (χ0n) is 21.3. The van der Waals surface area contributed by atoms with Gasteiger partial charge in [-0.15, -0.1) is 0 Å². The third-order valence-corrected chi connectivity index (χ3v) is 7.29. The summed E-state index contributed by atoms with van der Waals surface area (Å²) in [6, 6.07) is 11.7. The third-order valence-electron chi connectivity index (χ3n) is 5.93. The summed E-state index contributed by atoms with van der Waals surface area (Å²) in [5.41, 5.74) is 2.89. The van der Waals surface area contributed by atoms with Crippen LogP contribution in [0.15, 0.2) is 42.5 Å². The van der Waals surface area contributed by atoms with Crippen molar-refractivity contribution in [2.75, 3.05) is 17.1 Å². The number of hydrogen-bond donors (Lipinski definition) is 1. The van der Waals surface area contributed by atoms with Crippen molar-refractivity contribution in [2.24, 2.45) is 0 Å². The second kappa shape index (κ2) is 12.4. The van der Waals surface area contributed by atoms with Crippen LogP contribution >= 0.6 is 11.6 Å². The minimum absolute atomic E-state index is 0.0447. The second-order valence-electron chi connectivity index (χ2n) is 8.95. The predicted molar refractivity (Wildman–Crippen MR) is 142 cm³/mol. The Bertz CT molecular complexity index is 1150. The maximum atomic E-state index is 13.7. The Morgan fingerprint density at radius 1 is 1.06 bits per heavy atom. The van der Waals surface area contributed by atoms with Crippen molar-refractivity contribution in [1.82, 2.24) is 10.2 Å². The number of benzene rings is 2. The first-order valence-corrected chi connectivity index (χ1v) is 14.0. The van der Waals surface area contributed by atoms with E-state index in [9.17, 15) is 18.0 Å². The van der Waals surface area contributed by atoms with Gasteiger partial charge < -0.3 is 10.2 Å². The highest BCUT2D eigenvalue weighted by Crippen LogP contribution is 2.26. The maximum absolute atomic E-state index is 13.7. The molecule has 0 aromatic heterocycles. The van der Waals surface area contributed by atoms with Gasteiger partial charge in [0.05, 0.1) is 11.9 Å². The summed E-state index contributed by atoms with van der Waals surface area (Å²) in [4.78, 5) is 28.3. The molecule has 0 aliphatic rings. The minimum atomic E-state index is -3.79. The molecule has 2 amide bonds. The zero-order chi connectivity index (χ0) is 26.3. The van der Waals surface area contributed by atoms with E-state index in [-0.39, 0.29) is 18.5 Å². The van der Waals surface area contributed by atoms with Gasteiger partial charge >= 0.3 is 0 Å². The summed E-state index contributed by atoms with van der Waals surface area (Å²) in [7, 11) is -3.79. The normalized spacial score (nSPS) is 13.1. The van der Waals surface area contributed by atoms with Crippen LogP contribution in [0.3, 0.4) is 0 Å². The fourth-order valence-electron chi connectivity index (χ4n) is 3.86. The van der Waals surface area contributed by atoms with Gasteiger partial charge in [-0.25, -0.2) is 8.42 Å². The molecule has 0 bridgehead atoms. The SMILES string of the molecule is CC[C@H](C(=O)N[C@@H](C)CC)N(Cc1cccc(C)c1)C(=O)CN(c1ccc(Cl)cc1C)S(C)(=O)=O. The van der Waals surface area contributed by atoms with E-state index in [4.69, 9.17) is 11.6 Å². The van der Waals surface area contributed by atoms with E-state index >= 15 is 0 Å². The first kappa shape index (κ1) is 28.7. The lowest BCUT2D eigenvalue weighted by Gasteiger charge is -2.33. The molecule has 192 valence electrons. The molecule has 0 aliphatic carbocycles. The van der Waals surface area contributed by atoms with Crippen molar-refractivity contribution in [3.05, 3.63) is 64.2 Å². The van der Waals surface area contributed by atoms with Gasteiger partial charge in [-0.05, 0) is 62.9 Å². The monoisotopic (exact) mass is 521 g/mol. The lowest BCUT2D eigenvalue weighted by Crippen LogP contribution is -2.53. The van der Waals surface area contributed by atoms with Gasteiger partial charge in [-0.1, -0.05) is 55.3 Å². The first-order valence-electron chi connectivity index (χ1n) is 11.8. The van der Waals surface area contributed by atoms with E-state index in [0.29, 0.717) is 22.7 Å². The average molecular weight is 522 g/mol. The second-order valence-corrected chi connectivity index (χ2v) is 11.3. The number of amides is 2. The van der Waals surface area contributed by atoms with Crippen molar-refractivity contribution in [3.63, 3.8) is 0 Å². The highest BCUT2D eigenvalue weighted by atomic mass is 35.5. The molecule has 0 unspecified atom stereocenters. The number of hydrogen-bond acceptors (Lipinski definition) is 4. The fraction of sp³-hybridized carbons (Fsp3) is 0.462. The van der Waals surface area contributed by atoms with Crippen molar-refractivity contribution < 1.29 is 18.0 Å². The molecule has 0 heterocycles. The molecule has 0 saturated heterocycles. The van der Waals surface area contributed by atoms with E-state index < -0.39 is 28.5 Å². The molecule has 0 saturated carbocycles. The molecular formula is C26H36ClN3O4S. The van der Waals surface area contributed by atoms with Gasteiger partial charge in [-0.2, -0.15) is 0 Å². The number of nitrogens with zero attached hydrogens (tertiary/aromatic N) is 2. The molecule has 0 fully saturated rings. The topological polar surface area (TPSA) is 86.8 Å². The summed E-state index contributed by atoms with van der Waals surface area (Å²) in [6.45, 7) is 9.17. The molecule has 2 aromatic carbocycles. The van der Waals surface area contributed by atoms with Crippen LogP contribution in [-0.4, -0.2) is 50.0 Å². The molecular weight excluding hydrogens is 486 g/mol. The number of nitrogens with one attached hydrogen (secondary N) is 1. The Morgan fingerprint density at radius 3 is 2.29 bits per heavy atom. The maximum Gasteiger partial charge on any atom is 0.244 e. The van der Waals surface area contributed by atoms with Crippen LogP contribution in [-0.2, 0) is 26.2 Å². The number of anilines is 1. The van der Waals surface area contributed by atoms with E-state index in [1.54, 1.807) is 25.1 Å². The van der Waals surface area contributed by atoms with Crippen LogP contribution in [0.5, 0.6) is 0 Å². The summed E-state index contributed by atoms with van der Waals surface area (Å²) in [5, 5.41) is 3.44. The largest absolute Gasteiger partial charge is 0.352 e. The Kier molecular flexibility index (Phi) is 10.2. The number of halogens is 1. The predicted octanol–water partition coefficient (Wildman–Crippen LogP) is 4.44. The number of aryl methyl sites for hydroxylation is 2. The Balaban J connectivity index is 2.47. The lowest BCUT2D eigenvalue weighted by atomic mass is 10.1. The highest BCUT2D eigenvalue weighted by molar-refractivity contribution is 7.92. The first-order chi connectivity index (χ1) is 16.4. The number of carbonyl (C=O) groups is 2. The molecule has 2 atom stereocenters. The van der Waals surface area contributed by atoms with Crippen molar-refractivity contribution in [3.8, 4) is 0 Å². The van der Waals surface area contributed by atoms with Crippen molar-refractivity contribution in [1.29, 1.82) is 0 Å². The average Bonchev–Trinajstić information content (AvgIpc) is 2.76.